The Kier molecular flexibility index (Phi) is 4.82. The second-order valence-corrected chi connectivity index (χ2v) is 3.95. The molecule has 0 aromatic carbocycles. The minimum absolute atomic E-state index is 0.521. The van der Waals surface area contributed by atoms with Crippen LogP contribution in [0, 0.1) is 6.92 Å². The van der Waals surface area contributed by atoms with Crippen molar-refractivity contribution in [2.75, 3.05) is 18.0 Å². The zero-order valence-corrected chi connectivity index (χ0v) is 10.4. The lowest BCUT2D eigenvalue weighted by Gasteiger charge is -2.20. The molecule has 0 amide bonds. The van der Waals surface area contributed by atoms with Crippen LogP contribution in [0.1, 0.15) is 32.4 Å². The SMILES string of the molecule is CCCCN(CC)c1nc(C)cc(Cl)n1. The molecule has 1 rings (SSSR count). The van der Waals surface area contributed by atoms with E-state index in [1.165, 1.54) is 6.42 Å². The zero-order chi connectivity index (χ0) is 11.3. The van der Waals surface area contributed by atoms with E-state index in [4.69, 9.17) is 11.6 Å². The second kappa shape index (κ2) is 5.91. The summed E-state index contributed by atoms with van der Waals surface area (Å²) < 4.78 is 0. The van der Waals surface area contributed by atoms with Gasteiger partial charge in [-0.1, -0.05) is 24.9 Å². The van der Waals surface area contributed by atoms with Crippen LogP contribution in [0.2, 0.25) is 5.15 Å². The van der Waals surface area contributed by atoms with E-state index in [0.717, 1.165) is 31.2 Å². The molecule has 4 heteroatoms. The van der Waals surface area contributed by atoms with Gasteiger partial charge in [-0.2, -0.15) is 0 Å². The third-order valence-electron chi connectivity index (χ3n) is 2.26. The molecular weight excluding hydrogens is 210 g/mol. The summed E-state index contributed by atoms with van der Waals surface area (Å²) >= 11 is 5.91. The Labute approximate surface area is 96.5 Å². The van der Waals surface area contributed by atoms with E-state index >= 15 is 0 Å². The number of hydrogen-bond donors (Lipinski definition) is 0. The van der Waals surface area contributed by atoms with E-state index in [-0.39, 0.29) is 0 Å². The van der Waals surface area contributed by atoms with E-state index in [0.29, 0.717) is 5.15 Å². The van der Waals surface area contributed by atoms with Gasteiger partial charge in [0, 0.05) is 18.8 Å². The molecule has 0 fully saturated rings. The van der Waals surface area contributed by atoms with Crippen LogP contribution >= 0.6 is 11.6 Å². The van der Waals surface area contributed by atoms with Crippen LogP contribution in [-0.2, 0) is 0 Å². The van der Waals surface area contributed by atoms with Crippen molar-refractivity contribution >= 4 is 17.5 Å². The van der Waals surface area contributed by atoms with Gasteiger partial charge in [0.2, 0.25) is 5.95 Å². The lowest BCUT2D eigenvalue weighted by Crippen LogP contribution is -2.26. The molecule has 0 saturated heterocycles. The topological polar surface area (TPSA) is 29.0 Å². The number of aromatic nitrogens is 2. The quantitative estimate of drug-likeness (QED) is 0.724. The maximum atomic E-state index is 5.91. The van der Waals surface area contributed by atoms with Gasteiger partial charge in [-0.15, -0.1) is 0 Å². The molecule has 0 aliphatic rings. The molecule has 0 spiro atoms. The predicted octanol–water partition coefficient (Wildman–Crippen LogP) is 3.06. The lowest BCUT2D eigenvalue weighted by molar-refractivity contribution is 0.712. The van der Waals surface area contributed by atoms with Crippen molar-refractivity contribution in [3.05, 3.63) is 16.9 Å². The Balaban J connectivity index is 2.81. The summed E-state index contributed by atoms with van der Waals surface area (Å²) in [6, 6.07) is 1.78. The van der Waals surface area contributed by atoms with Crippen LogP contribution < -0.4 is 4.90 Å². The minimum atomic E-state index is 0.521. The van der Waals surface area contributed by atoms with Gasteiger partial charge in [0.15, 0.2) is 0 Å². The highest BCUT2D eigenvalue weighted by molar-refractivity contribution is 6.29. The van der Waals surface area contributed by atoms with Gasteiger partial charge in [0.1, 0.15) is 5.15 Å². The molecule has 0 unspecified atom stereocenters. The largest absolute Gasteiger partial charge is 0.341 e. The van der Waals surface area contributed by atoms with Crippen LogP contribution in [0.15, 0.2) is 6.07 Å². The van der Waals surface area contributed by atoms with Crippen molar-refractivity contribution in [2.45, 2.75) is 33.6 Å². The third-order valence-corrected chi connectivity index (χ3v) is 2.45. The summed E-state index contributed by atoms with van der Waals surface area (Å²) in [5.74, 6) is 0.746. The highest BCUT2D eigenvalue weighted by Gasteiger charge is 2.08. The van der Waals surface area contributed by atoms with Crippen LogP contribution in [0.25, 0.3) is 0 Å². The molecule has 1 heterocycles. The molecule has 3 nitrogen and oxygen atoms in total. The van der Waals surface area contributed by atoms with Gasteiger partial charge in [0.25, 0.3) is 0 Å². The third kappa shape index (κ3) is 3.67. The average Bonchev–Trinajstić information content (AvgIpc) is 2.17. The highest BCUT2D eigenvalue weighted by atomic mass is 35.5. The van der Waals surface area contributed by atoms with E-state index in [1.807, 2.05) is 6.92 Å². The molecule has 84 valence electrons. The first-order valence-corrected chi connectivity index (χ1v) is 5.81. The Morgan fingerprint density at radius 2 is 2.07 bits per heavy atom. The summed E-state index contributed by atoms with van der Waals surface area (Å²) in [6.07, 6.45) is 2.33. The van der Waals surface area contributed by atoms with Crippen molar-refractivity contribution in [3.63, 3.8) is 0 Å². The molecule has 0 saturated carbocycles. The first kappa shape index (κ1) is 12.2. The normalized spacial score (nSPS) is 10.4. The van der Waals surface area contributed by atoms with E-state index < -0.39 is 0 Å². The first-order valence-electron chi connectivity index (χ1n) is 5.43. The van der Waals surface area contributed by atoms with Crippen LogP contribution in [0.3, 0.4) is 0 Å². The molecule has 15 heavy (non-hydrogen) atoms. The molecule has 1 aromatic heterocycles. The number of hydrogen-bond acceptors (Lipinski definition) is 3. The van der Waals surface area contributed by atoms with Gasteiger partial charge in [-0.3, -0.25) is 0 Å². The zero-order valence-electron chi connectivity index (χ0n) is 9.63. The van der Waals surface area contributed by atoms with E-state index in [9.17, 15) is 0 Å². The number of anilines is 1. The van der Waals surface area contributed by atoms with E-state index in [1.54, 1.807) is 6.07 Å². The Bertz CT molecular complexity index is 294. The number of rotatable bonds is 5. The monoisotopic (exact) mass is 227 g/mol. The number of aryl methyl sites for hydroxylation is 1. The smallest absolute Gasteiger partial charge is 0.226 e. The minimum Gasteiger partial charge on any atom is -0.341 e. The van der Waals surface area contributed by atoms with Gasteiger partial charge < -0.3 is 4.90 Å². The van der Waals surface area contributed by atoms with Gasteiger partial charge in [0.05, 0.1) is 0 Å². The average molecular weight is 228 g/mol. The van der Waals surface area contributed by atoms with Crippen LogP contribution in [0.5, 0.6) is 0 Å². The van der Waals surface area contributed by atoms with E-state index in [2.05, 4.69) is 28.7 Å². The van der Waals surface area contributed by atoms with Crippen molar-refractivity contribution in [2.24, 2.45) is 0 Å². The molecule has 0 atom stereocenters. The van der Waals surface area contributed by atoms with Crippen molar-refractivity contribution in [1.29, 1.82) is 0 Å². The molecule has 0 bridgehead atoms. The maximum absolute atomic E-state index is 5.91. The van der Waals surface area contributed by atoms with Gasteiger partial charge in [-0.25, -0.2) is 9.97 Å². The Morgan fingerprint density at radius 1 is 1.33 bits per heavy atom. The number of halogens is 1. The summed E-state index contributed by atoms with van der Waals surface area (Å²) in [4.78, 5) is 10.8. The Hall–Kier alpha value is -0.830. The molecule has 0 aliphatic heterocycles. The summed E-state index contributed by atoms with van der Waals surface area (Å²) in [7, 11) is 0. The van der Waals surface area contributed by atoms with Crippen molar-refractivity contribution in [1.82, 2.24) is 9.97 Å². The van der Waals surface area contributed by atoms with Crippen LogP contribution in [0.4, 0.5) is 5.95 Å². The highest BCUT2D eigenvalue weighted by Crippen LogP contribution is 2.14. The molecule has 0 radical (unpaired) electrons. The first-order chi connectivity index (χ1) is 7.17. The summed E-state index contributed by atoms with van der Waals surface area (Å²) in [5, 5.41) is 0.521. The Morgan fingerprint density at radius 3 is 2.60 bits per heavy atom. The second-order valence-electron chi connectivity index (χ2n) is 3.57. The van der Waals surface area contributed by atoms with Gasteiger partial charge in [-0.05, 0) is 26.3 Å². The number of unbranched alkanes of at least 4 members (excludes halogenated alkanes) is 1. The molecular formula is C11H18ClN3. The van der Waals surface area contributed by atoms with Crippen molar-refractivity contribution < 1.29 is 0 Å². The fourth-order valence-electron chi connectivity index (χ4n) is 1.41. The number of nitrogens with zero attached hydrogens (tertiary/aromatic N) is 3. The standard InChI is InChI=1S/C11H18ClN3/c1-4-6-7-15(5-2)11-13-9(3)8-10(12)14-11/h8H,4-7H2,1-3H3. The van der Waals surface area contributed by atoms with Crippen LogP contribution in [-0.4, -0.2) is 23.1 Å². The summed E-state index contributed by atoms with van der Waals surface area (Å²) in [5.41, 5.74) is 0.917. The molecule has 1 aromatic rings. The maximum Gasteiger partial charge on any atom is 0.226 e. The fourth-order valence-corrected chi connectivity index (χ4v) is 1.64. The van der Waals surface area contributed by atoms with Crippen molar-refractivity contribution in [3.8, 4) is 0 Å². The predicted molar refractivity (Wildman–Crippen MR) is 64.6 cm³/mol. The lowest BCUT2D eigenvalue weighted by atomic mass is 10.3. The summed E-state index contributed by atoms with van der Waals surface area (Å²) in [6.45, 7) is 8.13. The molecule has 0 aliphatic carbocycles. The fraction of sp³-hybridized carbons (Fsp3) is 0.636. The molecule has 0 N–H and O–H groups in total. The van der Waals surface area contributed by atoms with Gasteiger partial charge >= 0.3 is 0 Å².